The minimum Gasteiger partial charge on any atom is -0.398 e. The predicted molar refractivity (Wildman–Crippen MR) is 70.2 cm³/mol. The van der Waals surface area contributed by atoms with Crippen LogP contribution in [-0.4, -0.2) is 32.0 Å². The normalized spacial score (nSPS) is 10.7. The Balaban J connectivity index is 2.61. The third kappa shape index (κ3) is 4.84. The summed E-state index contributed by atoms with van der Waals surface area (Å²) in [6.07, 6.45) is -0.520. The van der Waals surface area contributed by atoms with E-state index >= 15 is 0 Å². The van der Waals surface area contributed by atoms with Gasteiger partial charge in [0.1, 0.15) is 5.82 Å². The quantitative estimate of drug-likeness (QED) is 0.582. The molecule has 1 aromatic rings. The standard InChI is InChI=1S/C13H19FN2O3/c1-3-18-12(19-4-2)8-16-13(17)10-7-9(14)5-6-11(10)15/h5-7,12H,3-4,8,15H2,1-2H3,(H,16,17). The van der Waals surface area contributed by atoms with Gasteiger partial charge in [-0.1, -0.05) is 0 Å². The number of nitrogen functional groups attached to an aromatic ring is 1. The second-order valence-electron chi connectivity index (χ2n) is 3.78. The molecule has 1 aromatic carbocycles. The smallest absolute Gasteiger partial charge is 0.253 e. The topological polar surface area (TPSA) is 73.6 Å². The average Bonchev–Trinajstić information content (AvgIpc) is 2.39. The maximum absolute atomic E-state index is 13.1. The first kappa shape index (κ1) is 15.4. The number of amides is 1. The largest absolute Gasteiger partial charge is 0.398 e. The summed E-state index contributed by atoms with van der Waals surface area (Å²) >= 11 is 0. The zero-order valence-corrected chi connectivity index (χ0v) is 11.1. The predicted octanol–water partition coefficient (Wildman–Crippen LogP) is 1.54. The van der Waals surface area contributed by atoms with E-state index in [0.29, 0.717) is 13.2 Å². The van der Waals surface area contributed by atoms with Crippen LogP contribution in [0.4, 0.5) is 10.1 Å². The van der Waals surface area contributed by atoms with Crippen LogP contribution in [0.5, 0.6) is 0 Å². The Hall–Kier alpha value is -1.66. The minimum atomic E-state index is -0.520. The fraction of sp³-hybridized carbons (Fsp3) is 0.462. The summed E-state index contributed by atoms with van der Waals surface area (Å²) in [5, 5.41) is 2.60. The van der Waals surface area contributed by atoms with Crippen molar-refractivity contribution in [3.63, 3.8) is 0 Å². The molecule has 0 aromatic heterocycles. The SMILES string of the molecule is CCOC(CNC(=O)c1cc(F)ccc1N)OCC. The zero-order valence-electron chi connectivity index (χ0n) is 11.1. The number of halogens is 1. The van der Waals surface area contributed by atoms with E-state index in [-0.39, 0.29) is 17.8 Å². The Morgan fingerprint density at radius 3 is 2.58 bits per heavy atom. The lowest BCUT2D eigenvalue weighted by molar-refractivity contribution is -0.131. The molecule has 0 heterocycles. The monoisotopic (exact) mass is 270 g/mol. The maximum atomic E-state index is 13.1. The first-order chi connectivity index (χ1) is 9.08. The number of hydrogen-bond acceptors (Lipinski definition) is 4. The summed E-state index contributed by atoms with van der Waals surface area (Å²) in [5.41, 5.74) is 5.95. The van der Waals surface area contributed by atoms with Crippen LogP contribution in [0, 0.1) is 5.82 Å². The molecular weight excluding hydrogens is 251 g/mol. The van der Waals surface area contributed by atoms with E-state index in [1.165, 1.54) is 12.1 Å². The first-order valence-electron chi connectivity index (χ1n) is 6.14. The van der Waals surface area contributed by atoms with Crippen LogP contribution in [0.15, 0.2) is 18.2 Å². The molecule has 0 spiro atoms. The molecular formula is C13H19FN2O3. The molecule has 0 unspecified atom stereocenters. The van der Waals surface area contributed by atoms with Gasteiger partial charge in [0, 0.05) is 18.9 Å². The van der Waals surface area contributed by atoms with Gasteiger partial charge < -0.3 is 20.5 Å². The van der Waals surface area contributed by atoms with E-state index in [2.05, 4.69) is 5.32 Å². The highest BCUT2D eigenvalue weighted by atomic mass is 19.1. The Morgan fingerprint density at radius 1 is 1.37 bits per heavy atom. The van der Waals surface area contributed by atoms with E-state index in [9.17, 15) is 9.18 Å². The molecule has 0 fully saturated rings. The molecule has 1 rings (SSSR count). The summed E-state index contributed by atoms with van der Waals surface area (Å²) in [5.74, 6) is -0.966. The van der Waals surface area contributed by atoms with Gasteiger partial charge in [-0.05, 0) is 32.0 Å². The van der Waals surface area contributed by atoms with Crippen molar-refractivity contribution in [2.45, 2.75) is 20.1 Å². The average molecular weight is 270 g/mol. The van der Waals surface area contributed by atoms with Crippen molar-refractivity contribution in [1.29, 1.82) is 0 Å². The van der Waals surface area contributed by atoms with Crippen LogP contribution in [0.25, 0.3) is 0 Å². The van der Waals surface area contributed by atoms with Crippen LogP contribution in [0.1, 0.15) is 24.2 Å². The summed E-state index contributed by atoms with van der Waals surface area (Å²) in [6, 6.07) is 3.66. The minimum absolute atomic E-state index is 0.103. The van der Waals surface area contributed by atoms with Crippen molar-refractivity contribution in [2.75, 3.05) is 25.5 Å². The highest BCUT2D eigenvalue weighted by Gasteiger charge is 2.14. The summed E-state index contributed by atoms with van der Waals surface area (Å²) in [6.45, 7) is 4.79. The lowest BCUT2D eigenvalue weighted by atomic mass is 10.1. The summed E-state index contributed by atoms with van der Waals surface area (Å²) in [7, 11) is 0. The number of ether oxygens (including phenoxy) is 2. The Labute approximate surface area is 111 Å². The third-order valence-electron chi connectivity index (χ3n) is 2.39. The van der Waals surface area contributed by atoms with Gasteiger partial charge in [-0.2, -0.15) is 0 Å². The Kier molecular flexibility index (Phi) is 6.24. The van der Waals surface area contributed by atoms with Gasteiger partial charge in [0.15, 0.2) is 6.29 Å². The molecule has 0 bridgehead atoms. The molecule has 0 radical (unpaired) electrons. The summed E-state index contributed by atoms with van der Waals surface area (Å²) < 4.78 is 23.6. The zero-order chi connectivity index (χ0) is 14.3. The molecule has 0 saturated heterocycles. The van der Waals surface area contributed by atoms with Gasteiger partial charge >= 0.3 is 0 Å². The van der Waals surface area contributed by atoms with Gasteiger partial charge in [0.25, 0.3) is 5.91 Å². The first-order valence-corrected chi connectivity index (χ1v) is 6.14. The van der Waals surface area contributed by atoms with Crippen molar-refractivity contribution >= 4 is 11.6 Å². The van der Waals surface area contributed by atoms with Crippen molar-refractivity contribution < 1.29 is 18.7 Å². The Morgan fingerprint density at radius 2 is 2.00 bits per heavy atom. The van der Waals surface area contributed by atoms with Crippen molar-refractivity contribution in [1.82, 2.24) is 5.32 Å². The van der Waals surface area contributed by atoms with Crippen LogP contribution in [0.3, 0.4) is 0 Å². The number of nitrogens with one attached hydrogen (secondary N) is 1. The number of benzene rings is 1. The number of anilines is 1. The second-order valence-corrected chi connectivity index (χ2v) is 3.78. The van der Waals surface area contributed by atoms with E-state index in [0.717, 1.165) is 6.07 Å². The van der Waals surface area contributed by atoms with Crippen LogP contribution in [0.2, 0.25) is 0 Å². The fourth-order valence-corrected chi connectivity index (χ4v) is 1.53. The molecule has 0 atom stereocenters. The molecule has 3 N–H and O–H groups in total. The Bertz CT molecular complexity index is 420. The van der Waals surface area contributed by atoms with E-state index in [1.54, 1.807) is 0 Å². The molecule has 6 heteroatoms. The van der Waals surface area contributed by atoms with Crippen molar-refractivity contribution in [3.05, 3.63) is 29.6 Å². The van der Waals surface area contributed by atoms with Gasteiger partial charge in [0.2, 0.25) is 0 Å². The lowest BCUT2D eigenvalue weighted by Gasteiger charge is -2.17. The van der Waals surface area contributed by atoms with Gasteiger partial charge in [-0.3, -0.25) is 4.79 Å². The van der Waals surface area contributed by atoms with Crippen LogP contribution < -0.4 is 11.1 Å². The van der Waals surface area contributed by atoms with Gasteiger partial charge in [-0.25, -0.2) is 4.39 Å². The highest BCUT2D eigenvalue weighted by Crippen LogP contribution is 2.13. The number of carbonyl (C=O) groups is 1. The van der Waals surface area contributed by atoms with E-state index < -0.39 is 18.0 Å². The number of carbonyl (C=O) groups excluding carboxylic acids is 1. The third-order valence-corrected chi connectivity index (χ3v) is 2.39. The van der Waals surface area contributed by atoms with Crippen LogP contribution >= 0.6 is 0 Å². The number of hydrogen-bond donors (Lipinski definition) is 2. The number of nitrogens with two attached hydrogens (primary N) is 1. The van der Waals surface area contributed by atoms with Crippen LogP contribution in [-0.2, 0) is 9.47 Å². The molecule has 0 saturated carbocycles. The van der Waals surface area contributed by atoms with Crippen molar-refractivity contribution in [2.24, 2.45) is 0 Å². The van der Waals surface area contributed by atoms with E-state index in [1.807, 2.05) is 13.8 Å². The molecule has 0 aliphatic carbocycles. The maximum Gasteiger partial charge on any atom is 0.253 e. The molecule has 5 nitrogen and oxygen atoms in total. The van der Waals surface area contributed by atoms with Gasteiger partial charge in [-0.15, -0.1) is 0 Å². The highest BCUT2D eigenvalue weighted by molar-refractivity contribution is 5.99. The molecule has 0 aliphatic rings. The lowest BCUT2D eigenvalue weighted by Crippen LogP contribution is -2.35. The molecule has 19 heavy (non-hydrogen) atoms. The van der Waals surface area contributed by atoms with Crippen molar-refractivity contribution in [3.8, 4) is 0 Å². The fourth-order valence-electron chi connectivity index (χ4n) is 1.53. The number of rotatable bonds is 7. The molecule has 106 valence electrons. The van der Waals surface area contributed by atoms with E-state index in [4.69, 9.17) is 15.2 Å². The second kappa shape index (κ2) is 7.70. The molecule has 0 aliphatic heterocycles. The van der Waals surface area contributed by atoms with Gasteiger partial charge in [0.05, 0.1) is 12.1 Å². The summed E-state index contributed by atoms with van der Waals surface area (Å²) in [4.78, 5) is 11.9. The molecule has 1 amide bonds.